The van der Waals surface area contributed by atoms with Crippen LogP contribution in [-0.2, 0) is 11.0 Å². The van der Waals surface area contributed by atoms with Gasteiger partial charge in [0.25, 0.3) is 5.91 Å². The van der Waals surface area contributed by atoms with Gasteiger partial charge in [-0.25, -0.2) is 0 Å². The summed E-state index contributed by atoms with van der Waals surface area (Å²) in [4.78, 5) is 40.4. The van der Waals surface area contributed by atoms with Crippen LogP contribution in [0.2, 0.25) is 10.0 Å². The molecule has 1 heterocycles. The number of aromatic nitrogens is 2. The number of benzene rings is 1. The summed E-state index contributed by atoms with van der Waals surface area (Å²) < 4.78 is 49.8. The van der Waals surface area contributed by atoms with Gasteiger partial charge in [-0.2, -0.15) is 18.3 Å². The van der Waals surface area contributed by atoms with Gasteiger partial charge in [0.1, 0.15) is 5.75 Å². The fraction of sp³-hybridized carbons (Fsp3) is 0.613. The van der Waals surface area contributed by atoms with Gasteiger partial charge in [-0.05, 0) is 75.3 Å². The molecule has 0 spiro atoms. The SMILES string of the molecule is COc1cc(Cl)c(C(=O)CN(CC2CCCC(C)(C)C2)C(=O)c2cnn([C@H]3CC[C@](C)(C(=O)O)CC3)c2C(F)(F)F)c(Cl)c1. The number of rotatable bonds is 9. The van der Waals surface area contributed by atoms with Crippen molar-refractivity contribution >= 4 is 40.9 Å². The molecule has 2 aliphatic carbocycles. The molecule has 44 heavy (non-hydrogen) atoms. The Labute approximate surface area is 264 Å². The van der Waals surface area contributed by atoms with Crippen molar-refractivity contribution in [2.24, 2.45) is 16.7 Å². The first-order valence-corrected chi connectivity index (χ1v) is 15.4. The molecule has 1 aromatic heterocycles. The molecule has 1 atom stereocenters. The van der Waals surface area contributed by atoms with Gasteiger partial charge in [-0.15, -0.1) is 0 Å². The first-order valence-electron chi connectivity index (χ1n) is 14.7. The van der Waals surface area contributed by atoms with E-state index >= 15 is 0 Å². The quantitative estimate of drug-likeness (QED) is 0.274. The normalized spacial score (nSPS) is 23.7. The molecule has 1 amide bonds. The van der Waals surface area contributed by atoms with E-state index in [-0.39, 0.29) is 59.2 Å². The molecule has 0 saturated heterocycles. The summed E-state index contributed by atoms with van der Waals surface area (Å²) in [7, 11) is 1.41. The summed E-state index contributed by atoms with van der Waals surface area (Å²) in [5.74, 6) is -2.29. The van der Waals surface area contributed by atoms with E-state index in [9.17, 15) is 32.7 Å². The third-order valence-corrected chi connectivity index (χ3v) is 9.75. The molecule has 4 rings (SSSR count). The second-order valence-corrected chi connectivity index (χ2v) is 14.0. The monoisotopic (exact) mass is 659 g/mol. The minimum absolute atomic E-state index is 0.00000761. The maximum absolute atomic E-state index is 14.6. The lowest BCUT2D eigenvalue weighted by Crippen LogP contribution is -2.42. The summed E-state index contributed by atoms with van der Waals surface area (Å²) in [5, 5.41) is 13.6. The lowest BCUT2D eigenvalue weighted by Gasteiger charge is -2.37. The Hall–Kier alpha value is -2.79. The van der Waals surface area contributed by atoms with Crippen LogP contribution in [0.1, 0.15) is 105 Å². The summed E-state index contributed by atoms with van der Waals surface area (Å²) in [6.07, 6.45) is 0.0407. The molecule has 0 aliphatic heterocycles. The van der Waals surface area contributed by atoms with Crippen molar-refractivity contribution < 1.29 is 37.4 Å². The van der Waals surface area contributed by atoms with Gasteiger partial charge in [0, 0.05) is 6.54 Å². The number of carbonyl (C=O) groups excluding carboxylic acids is 2. The van der Waals surface area contributed by atoms with E-state index < -0.39 is 53.1 Å². The van der Waals surface area contributed by atoms with Gasteiger partial charge >= 0.3 is 12.1 Å². The number of methoxy groups -OCH3 is 1. The van der Waals surface area contributed by atoms with Gasteiger partial charge in [0.15, 0.2) is 11.5 Å². The number of hydrogen-bond donors (Lipinski definition) is 1. The van der Waals surface area contributed by atoms with Crippen molar-refractivity contribution in [2.45, 2.75) is 84.4 Å². The Morgan fingerprint density at radius 3 is 2.23 bits per heavy atom. The van der Waals surface area contributed by atoms with Crippen LogP contribution in [-0.4, -0.2) is 57.6 Å². The Bertz CT molecular complexity index is 1390. The van der Waals surface area contributed by atoms with Crippen molar-refractivity contribution in [2.75, 3.05) is 20.2 Å². The van der Waals surface area contributed by atoms with Crippen LogP contribution in [0, 0.1) is 16.7 Å². The molecular formula is C31H38Cl2F3N3O5. The highest BCUT2D eigenvalue weighted by Crippen LogP contribution is 2.44. The van der Waals surface area contributed by atoms with E-state index in [0.717, 1.165) is 41.5 Å². The van der Waals surface area contributed by atoms with Crippen molar-refractivity contribution in [1.82, 2.24) is 14.7 Å². The Balaban J connectivity index is 1.69. The van der Waals surface area contributed by atoms with Crippen molar-refractivity contribution in [3.63, 3.8) is 0 Å². The molecule has 0 bridgehead atoms. The molecule has 1 unspecified atom stereocenters. The van der Waals surface area contributed by atoms with Gasteiger partial charge < -0.3 is 14.7 Å². The number of carboxylic acid groups (broad SMARTS) is 1. The molecule has 242 valence electrons. The van der Waals surface area contributed by atoms with E-state index in [1.54, 1.807) is 6.92 Å². The maximum atomic E-state index is 14.6. The highest BCUT2D eigenvalue weighted by atomic mass is 35.5. The number of ether oxygens (including phenoxy) is 1. The molecule has 1 aromatic carbocycles. The topological polar surface area (TPSA) is 102 Å². The first kappa shape index (κ1) is 34.1. The first-order chi connectivity index (χ1) is 20.5. The van der Waals surface area contributed by atoms with Crippen LogP contribution in [0.4, 0.5) is 13.2 Å². The smallest absolute Gasteiger partial charge is 0.433 e. The standard InChI is InChI=1S/C31H38Cl2F3N3O5/c1-29(2)9-5-6-18(14-29)16-38(17-24(40)25-22(32)12-20(44-4)13-23(25)33)27(41)21-15-37-39(26(21)31(34,35)36)19-7-10-30(3,11-8-19)28(42)43/h12-13,15,18-19H,5-11,14,16-17H2,1-4H3,(H,42,43)/t18?,19-,30-. The largest absolute Gasteiger partial charge is 0.497 e. The summed E-state index contributed by atoms with van der Waals surface area (Å²) in [5.41, 5.74) is -2.95. The lowest BCUT2D eigenvalue weighted by atomic mass is 9.72. The highest BCUT2D eigenvalue weighted by Gasteiger charge is 2.45. The zero-order valence-electron chi connectivity index (χ0n) is 25.3. The fourth-order valence-electron chi connectivity index (χ4n) is 6.67. The van der Waals surface area contributed by atoms with Crippen molar-refractivity contribution in [3.8, 4) is 5.75 Å². The average molecular weight is 661 g/mol. The molecule has 8 nitrogen and oxygen atoms in total. The molecule has 2 fully saturated rings. The van der Waals surface area contributed by atoms with Crippen molar-refractivity contribution in [3.05, 3.63) is 45.2 Å². The number of carboxylic acids is 1. The van der Waals surface area contributed by atoms with Crippen LogP contribution >= 0.6 is 23.2 Å². The van der Waals surface area contributed by atoms with Crippen LogP contribution in [0.15, 0.2) is 18.3 Å². The van der Waals surface area contributed by atoms with E-state index in [1.165, 1.54) is 19.2 Å². The number of amides is 1. The third kappa shape index (κ3) is 7.36. The maximum Gasteiger partial charge on any atom is 0.433 e. The van der Waals surface area contributed by atoms with Crippen LogP contribution in [0.25, 0.3) is 0 Å². The minimum Gasteiger partial charge on any atom is -0.497 e. The highest BCUT2D eigenvalue weighted by molar-refractivity contribution is 6.40. The fourth-order valence-corrected chi connectivity index (χ4v) is 7.35. The number of Topliss-reactive ketones (excluding diaryl/α,β-unsaturated/α-hetero) is 1. The van der Waals surface area contributed by atoms with E-state index in [2.05, 4.69) is 18.9 Å². The number of carbonyl (C=O) groups is 3. The van der Waals surface area contributed by atoms with E-state index in [1.807, 2.05) is 0 Å². The minimum atomic E-state index is -4.93. The van der Waals surface area contributed by atoms with E-state index in [0.29, 0.717) is 5.75 Å². The van der Waals surface area contributed by atoms with Crippen molar-refractivity contribution in [1.29, 1.82) is 0 Å². The Morgan fingerprint density at radius 1 is 1.09 bits per heavy atom. The average Bonchev–Trinajstić information content (AvgIpc) is 3.37. The zero-order valence-corrected chi connectivity index (χ0v) is 26.8. The zero-order chi connectivity index (χ0) is 32.6. The second-order valence-electron chi connectivity index (χ2n) is 13.1. The number of halogens is 5. The summed E-state index contributed by atoms with van der Waals surface area (Å²) in [6.45, 7) is 5.33. The third-order valence-electron chi connectivity index (χ3n) is 9.15. The van der Waals surface area contributed by atoms with Gasteiger partial charge in [-0.3, -0.25) is 19.1 Å². The predicted octanol–water partition coefficient (Wildman–Crippen LogP) is 7.96. The molecular weight excluding hydrogens is 622 g/mol. The van der Waals surface area contributed by atoms with Gasteiger partial charge in [0.2, 0.25) is 0 Å². The van der Waals surface area contributed by atoms with Gasteiger partial charge in [0.05, 0.1) is 52.5 Å². The lowest BCUT2D eigenvalue weighted by molar-refractivity contribution is -0.152. The summed E-state index contributed by atoms with van der Waals surface area (Å²) >= 11 is 12.7. The number of hydrogen-bond acceptors (Lipinski definition) is 5. The Morgan fingerprint density at radius 2 is 1.70 bits per heavy atom. The molecule has 2 saturated carbocycles. The van der Waals surface area contributed by atoms with Crippen LogP contribution < -0.4 is 4.74 Å². The molecule has 13 heteroatoms. The number of aliphatic carboxylic acids is 1. The molecule has 0 radical (unpaired) electrons. The number of nitrogens with zero attached hydrogens (tertiary/aromatic N) is 3. The molecule has 2 aromatic rings. The molecule has 1 N–H and O–H groups in total. The predicted molar refractivity (Wildman–Crippen MR) is 159 cm³/mol. The summed E-state index contributed by atoms with van der Waals surface area (Å²) in [6, 6.07) is 2.08. The van der Waals surface area contributed by atoms with Gasteiger partial charge in [-0.1, -0.05) is 43.5 Å². The van der Waals surface area contributed by atoms with Crippen LogP contribution in [0.5, 0.6) is 5.75 Å². The number of ketones is 1. The van der Waals surface area contributed by atoms with E-state index in [4.69, 9.17) is 27.9 Å². The van der Waals surface area contributed by atoms with Crippen LogP contribution in [0.3, 0.4) is 0 Å². The second kappa shape index (κ2) is 12.9. The Kier molecular flexibility index (Phi) is 10.00. The molecule has 2 aliphatic rings. The number of alkyl halides is 3.